The lowest BCUT2D eigenvalue weighted by molar-refractivity contribution is 0.0548. The van der Waals surface area contributed by atoms with Gasteiger partial charge in [0.1, 0.15) is 18.1 Å². The first-order valence-corrected chi connectivity index (χ1v) is 6.85. The van der Waals surface area contributed by atoms with E-state index in [1.807, 2.05) is 12.2 Å². The average molecular weight is 362 g/mol. The summed E-state index contributed by atoms with van der Waals surface area (Å²) in [6.07, 6.45) is 3.74. The molecule has 0 saturated heterocycles. The molecule has 18 heavy (non-hydrogen) atoms. The molecule has 0 radical (unpaired) electrons. The number of halogens is 1. The zero-order valence-corrected chi connectivity index (χ0v) is 12.5. The van der Waals surface area contributed by atoms with E-state index >= 15 is 0 Å². The Labute approximate surface area is 120 Å². The van der Waals surface area contributed by atoms with Crippen LogP contribution in [0.15, 0.2) is 30.4 Å². The third-order valence-electron chi connectivity index (χ3n) is 2.15. The van der Waals surface area contributed by atoms with Crippen molar-refractivity contribution >= 4 is 28.6 Å². The Bertz CT molecular complexity index is 407. The maximum Gasteiger partial charge on any atom is 0.338 e. The van der Waals surface area contributed by atoms with Crippen molar-refractivity contribution in [1.82, 2.24) is 0 Å². The van der Waals surface area contributed by atoms with Gasteiger partial charge in [-0.25, -0.2) is 4.79 Å². The Morgan fingerprint density at radius 3 is 2.28 bits per heavy atom. The summed E-state index contributed by atoms with van der Waals surface area (Å²) in [7, 11) is 3.07. The van der Waals surface area contributed by atoms with E-state index < -0.39 is 5.97 Å². The van der Waals surface area contributed by atoms with Crippen molar-refractivity contribution in [2.45, 2.75) is 0 Å². The molecule has 0 bridgehead atoms. The molecule has 98 valence electrons. The molecule has 0 spiro atoms. The Balaban J connectivity index is 2.75. The summed E-state index contributed by atoms with van der Waals surface area (Å²) in [6.45, 7) is 0.265. The molecule has 0 aliphatic heterocycles. The minimum absolute atomic E-state index is 0.265. The van der Waals surface area contributed by atoms with Gasteiger partial charge in [0, 0.05) is 10.5 Å². The second-order valence-electron chi connectivity index (χ2n) is 3.33. The molecular formula is C13H15IO4. The number of esters is 1. The first-order chi connectivity index (χ1) is 8.71. The Morgan fingerprint density at radius 1 is 1.17 bits per heavy atom. The Kier molecular flexibility index (Phi) is 6.56. The van der Waals surface area contributed by atoms with Crippen molar-refractivity contribution in [2.24, 2.45) is 0 Å². The molecule has 0 heterocycles. The van der Waals surface area contributed by atoms with Gasteiger partial charge in [-0.3, -0.25) is 0 Å². The predicted octanol–water partition coefficient (Wildman–Crippen LogP) is 2.85. The number of carbonyl (C=O) groups excluding carboxylic acids is 1. The first-order valence-electron chi connectivity index (χ1n) is 5.32. The van der Waals surface area contributed by atoms with Crippen LogP contribution in [0.3, 0.4) is 0 Å². The third kappa shape index (κ3) is 4.56. The largest absolute Gasteiger partial charge is 0.497 e. The third-order valence-corrected chi connectivity index (χ3v) is 2.66. The fourth-order valence-electron chi connectivity index (χ4n) is 1.26. The molecule has 0 fully saturated rings. The second-order valence-corrected chi connectivity index (χ2v) is 4.21. The number of hydrogen-bond acceptors (Lipinski definition) is 4. The fourth-order valence-corrected chi connectivity index (χ4v) is 1.62. The van der Waals surface area contributed by atoms with Gasteiger partial charge in [-0.15, -0.1) is 0 Å². The topological polar surface area (TPSA) is 44.8 Å². The molecule has 0 atom stereocenters. The lowest BCUT2D eigenvalue weighted by atomic mass is 10.2. The summed E-state index contributed by atoms with van der Waals surface area (Å²) in [5.41, 5.74) is 0.411. The molecular weight excluding hydrogens is 347 g/mol. The van der Waals surface area contributed by atoms with Gasteiger partial charge in [0.15, 0.2) is 0 Å². The molecule has 0 amide bonds. The highest BCUT2D eigenvalue weighted by Gasteiger charge is 2.10. The molecule has 1 rings (SSSR count). The van der Waals surface area contributed by atoms with Crippen molar-refractivity contribution < 1.29 is 19.0 Å². The Hall–Kier alpha value is -1.24. The number of methoxy groups -OCH3 is 2. The number of benzene rings is 1. The molecule has 0 aliphatic carbocycles. The van der Waals surface area contributed by atoms with E-state index in [9.17, 15) is 4.79 Å². The number of carbonyl (C=O) groups is 1. The summed E-state index contributed by atoms with van der Waals surface area (Å²) in [6, 6.07) is 4.94. The van der Waals surface area contributed by atoms with Crippen molar-refractivity contribution in [3.05, 3.63) is 35.9 Å². The van der Waals surface area contributed by atoms with E-state index in [4.69, 9.17) is 14.2 Å². The zero-order valence-electron chi connectivity index (χ0n) is 10.3. The highest BCUT2D eigenvalue weighted by molar-refractivity contribution is 14.1. The number of alkyl halides is 1. The highest BCUT2D eigenvalue weighted by atomic mass is 127. The zero-order chi connectivity index (χ0) is 13.4. The van der Waals surface area contributed by atoms with E-state index in [1.165, 1.54) is 14.2 Å². The second kappa shape index (κ2) is 7.97. The number of allylic oxidation sites excluding steroid dienone is 1. The van der Waals surface area contributed by atoms with Crippen molar-refractivity contribution in [2.75, 3.05) is 25.3 Å². The summed E-state index contributed by atoms with van der Waals surface area (Å²) in [4.78, 5) is 11.8. The summed E-state index contributed by atoms with van der Waals surface area (Å²) < 4.78 is 16.2. The molecule has 0 N–H and O–H groups in total. The lowest BCUT2D eigenvalue weighted by Gasteiger charge is -2.07. The van der Waals surface area contributed by atoms with Crippen LogP contribution in [0.2, 0.25) is 0 Å². The van der Waals surface area contributed by atoms with Crippen LogP contribution in [0.1, 0.15) is 10.4 Å². The molecule has 1 aromatic rings. The van der Waals surface area contributed by atoms with Gasteiger partial charge in [0.05, 0.1) is 19.8 Å². The van der Waals surface area contributed by atoms with Crippen LogP contribution in [0.4, 0.5) is 0 Å². The molecule has 0 aromatic heterocycles. The standard InChI is InChI=1S/C13H15IO4/c1-16-11-7-10(8-12(9-11)17-2)13(15)18-6-4-3-5-14/h3-4,7-9H,5-6H2,1-2H3. The quantitative estimate of drug-likeness (QED) is 0.338. The van der Waals surface area contributed by atoms with Gasteiger partial charge in [-0.2, -0.15) is 0 Å². The van der Waals surface area contributed by atoms with E-state index in [0.717, 1.165) is 4.43 Å². The number of ether oxygens (including phenoxy) is 3. The van der Waals surface area contributed by atoms with Crippen molar-refractivity contribution in [1.29, 1.82) is 0 Å². The van der Waals surface area contributed by atoms with Gasteiger partial charge in [0.25, 0.3) is 0 Å². The molecule has 0 unspecified atom stereocenters. The molecule has 5 heteroatoms. The molecule has 1 aromatic carbocycles. The van der Waals surface area contributed by atoms with Gasteiger partial charge < -0.3 is 14.2 Å². The van der Waals surface area contributed by atoms with Crippen molar-refractivity contribution in [3.63, 3.8) is 0 Å². The predicted molar refractivity (Wildman–Crippen MR) is 77.9 cm³/mol. The summed E-state index contributed by atoms with van der Waals surface area (Å²) >= 11 is 2.21. The lowest BCUT2D eigenvalue weighted by Crippen LogP contribution is -2.06. The van der Waals surface area contributed by atoms with Crippen LogP contribution < -0.4 is 9.47 Å². The minimum atomic E-state index is -0.398. The average Bonchev–Trinajstić information content (AvgIpc) is 2.42. The fraction of sp³-hybridized carbons (Fsp3) is 0.308. The van der Waals surface area contributed by atoms with Crippen LogP contribution in [0, 0.1) is 0 Å². The molecule has 0 aliphatic rings. The maximum atomic E-state index is 11.8. The molecule has 4 nitrogen and oxygen atoms in total. The smallest absolute Gasteiger partial charge is 0.338 e. The maximum absolute atomic E-state index is 11.8. The van der Waals surface area contributed by atoms with E-state index in [0.29, 0.717) is 17.1 Å². The van der Waals surface area contributed by atoms with Crippen LogP contribution in [-0.4, -0.2) is 31.2 Å². The first kappa shape index (κ1) is 14.8. The normalized spacial score (nSPS) is 10.4. The van der Waals surface area contributed by atoms with Gasteiger partial charge >= 0.3 is 5.97 Å². The van der Waals surface area contributed by atoms with Crippen LogP contribution in [0.25, 0.3) is 0 Å². The van der Waals surface area contributed by atoms with Crippen LogP contribution in [0.5, 0.6) is 11.5 Å². The number of rotatable bonds is 6. The SMILES string of the molecule is COc1cc(OC)cc(C(=O)OCC=CCI)c1. The monoisotopic (exact) mass is 362 g/mol. The van der Waals surface area contributed by atoms with Crippen molar-refractivity contribution in [3.8, 4) is 11.5 Å². The van der Waals surface area contributed by atoms with Crippen LogP contribution in [-0.2, 0) is 4.74 Å². The van der Waals surface area contributed by atoms with E-state index in [1.54, 1.807) is 18.2 Å². The number of hydrogen-bond donors (Lipinski definition) is 0. The van der Waals surface area contributed by atoms with E-state index in [2.05, 4.69) is 22.6 Å². The van der Waals surface area contributed by atoms with Gasteiger partial charge in [0.2, 0.25) is 0 Å². The molecule has 0 saturated carbocycles. The highest BCUT2D eigenvalue weighted by Crippen LogP contribution is 2.22. The summed E-state index contributed by atoms with van der Waals surface area (Å²) in [5.74, 6) is 0.721. The summed E-state index contributed by atoms with van der Waals surface area (Å²) in [5, 5.41) is 0. The Morgan fingerprint density at radius 2 is 1.78 bits per heavy atom. The van der Waals surface area contributed by atoms with E-state index in [-0.39, 0.29) is 6.61 Å². The van der Waals surface area contributed by atoms with Gasteiger partial charge in [-0.1, -0.05) is 34.7 Å². The minimum Gasteiger partial charge on any atom is -0.497 e. The van der Waals surface area contributed by atoms with Gasteiger partial charge in [-0.05, 0) is 12.1 Å². The van der Waals surface area contributed by atoms with Crippen LogP contribution >= 0.6 is 22.6 Å².